The molecule has 0 saturated heterocycles. The molecule has 0 saturated carbocycles. The van der Waals surface area contributed by atoms with Gasteiger partial charge in [0.2, 0.25) is 0 Å². The van der Waals surface area contributed by atoms with Crippen LogP contribution >= 0.6 is 0 Å². The Hall–Kier alpha value is -2.59. The van der Waals surface area contributed by atoms with E-state index in [-0.39, 0.29) is 0 Å². The summed E-state index contributed by atoms with van der Waals surface area (Å²) in [5, 5.41) is 7.88. The summed E-state index contributed by atoms with van der Waals surface area (Å²) >= 11 is 0. The number of ether oxygens (including phenoxy) is 1. The van der Waals surface area contributed by atoms with Crippen LogP contribution in [0.3, 0.4) is 0 Å². The second-order valence-electron chi connectivity index (χ2n) is 5.82. The molecule has 116 valence electrons. The molecule has 4 rings (SSSR count). The average Bonchev–Trinajstić information content (AvgIpc) is 3.15. The summed E-state index contributed by atoms with van der Waals surface area (Å²) in [4.78, 5) is 0. The van der Waals surface area contributed by atoms with Crippen molar-refractivity contribution in [2.45, 2.75) is 19.0 Å². The zero-order valence-electron chi connectivity index (χ0n) is 12.9. The molecule has 1 aliphatic rings. The van der Waals surface area contributed by atoms with E-state index >= 15 is 0 Å². The number of hydrogen-bond acceptors (Lipinski definition) is 3. The van der Waals surface area contributed by atoms with Crippen LogP contribution in [0.15, 0.2) is 67.0 Å². The smallest absolute Gasteiger partial charge is 0.122 e. The number of fused-ring (bicyclic) bond motifs is 1. The third kappa shape index (κ3) is 3.12. The summed E-state index contributed by atoms with van der Waals surface area (Å²) in [5.41, 5.74) is 3.61. The van der Waals surface area contributed by atoms with Gasteiger partial charge < -0.3 is 10.1 Å². The summed E-state index contributed by atoms with van der Waals surface area (Å²) < 4.78 is 7.71. The van der Waals surface area contributed by atoms with Crippen LogP contribution in [-0.4, -0.2) is 22.4 Å². The molecule has 0 fully saturated rings. The Morgan fingerprint density at radius 1 is 1.13 bits per heavy atom. The first kappa shape index (κ1) is 14.0. The number of hydrogen-bond donors (Lipinski definition) is 1. The van der Waals surface area contributed by atoms with Crippen LogP contribution in [0.5, 0.6) is 5.75 Å². The third-order valence-corrected chi connectivity index (χ3v) is 4.15. The van der Waals surface area contributed by atoms with Gasteiger partial charge in [-0.05, 0) is 41.8 Å². The summed E-state index contributed by atoms with van der Waals surface area (Å²) in [7, 11) is 0. The normalized spacial score (nSPS) is 16.6. The maximum absolute atomic E-state index is 5.83. The lowest BCUT2D eigenvalue weighted by atomic mass is 10.0. The molecule has 1 aliphatic heterocycles. The lowest BCUT2D eigenvalue weighted by Gasteiger charge is -2.26. The molecule has 1 atom stereocenters. The summed E-state index contributed by atoms with van der Waals surface area (Å²) in [6.45, 7) is 1.54. The van der Waals surface area contributed by atoms with Crippen molar-refractivity contribution in [3.8, 4) is 11.4 Å². The molecule has 0 unspecified atom stereocenters. The van der Waals surface area contributed by atoms with E-state index in [2.05, 4.69) is 46.8 Å². The molecular formula is C19H19N3O. The highest BCUT2D eigenvalue weighted by Crippen LogP contribution is 2.24. The van der Waals surface area contributed by atoms with E-state index in [0.717, 1.165) is 31.0 Å². The van der Waals surface area contributed by atoms with E-state index in [4.69, 9.17) is 4.74 Å². The van der Waals surface area contributed by atoms with Gasteiger partial charge >= 0.3 is 0 Å². The Labute approximate surface area is 135 Å². The van der Waals surface area contributed by atoms with Gasteiger partial charge in [-0.1, -0.05) is 30.3 Å². The number of rotatable bonds is 4. The van der Waals surface area contributed by atoms with Crippen molar-refractivity contribution >= 4 is 0 Å². The second-order valence-corrected chi connectivity index (χ2v) is 5.82. The van der Waals surface area contributed by atoms with Crippen molar-refractivity contribution < 1.29 is 4.74 Å². The zero-order valence-corrected chi connectivity index (χ0v) is 12.9. The minimum absolute atomic E-state index is 0.346. The van der Waals surface area contributed by atoms with E-state index in [9.17, 15) is 0 Å². The van der Waals surface area contributed by atoms with Crippen molar-refractivity contribution in [2.24, 2.45) is 0 Å². The van der Waals surface area contributed by atoms with Gasteiger partial charge in [0.1, 0.15) is 12.4 Å². The van der Waals surface area contributed by atoms with Crippen LogP contribution in [0, 0.1) is 0 Å². The number of nitrogens with one attached hydrogen (secondary N) is 1. The molecule has 2 heterocycles. The Morgan fingerprint density at radius 3 is 3.00 bits per heavy atom. The monoisotopic (exact) mass is 305 g/mol. The highest BCUT2D eigenvalue weighted by atomic mass is 16.5. The fraction of sp³-hybridized carbons (Fsp3) is 0.211. The molecule has 0 amide bonds. The van der Waals surface area contributed by atoms with Crippen LogP contribution in [0.25, 0.3) is 5.69 Å². The topological polar surface area (TPSA) is 39.1 Å². The maximum Gasteiger partial charge on any atom is 0.122 e. The fourth-order valence-electron chi connectivity index (χ4n) is 2.95. The molecule has 1 aromatic heterocycles. The predicted molar refractivity (Wildman–Crippen MR) is 89.8 cm³/mol. The minimum atomic E-state index is 0.346. The summed E-state index contributed by atoms with van der Waals surface area (Å²) in [5.74, 6) is 1.02. The summed E-state index contributed by atoms with van der Waals surface area (Å²) in [6, 6.07) is 19.0. The number of para-hydroxylation sites is 1. The average molecular weight is 305 g/mol. The van der Waals surface area contributed by atoms with Crippen molar-refractivity contribution in [3.05, 3.63) is 78.1 Å². The van der Waals surface area contributed by atoms with Crippen molar-refractivity contribution in [1.82, 2.24) is 15.1 Å². The van der Waals surface area contributed by atoms with E-state index in [1.54, 1.807) is 6.20 Å². The SMILES string of the molecule is c1cc(CN[C@H]2COc3ccccc3C2)cc(-n2cccn2)c1. The second kappa shape index (κ2) is 6.26. The lowest BCUT2D eigenvalue weighted by Crippen LogP contribution is -2.38. The van der Waals surface area contributed by atoms with Gasteiger partial charge in [0, 0.05) is 25.0 Å². The van der Waals surface area contributed by atoms with Crippen molar-refractivity contribution in [2.75, 3.05) is 6.61 Å². The fourth-order valence-corrected chi connectivity index (χ4v) is 2.95. The minimum Gasteiger partial charge on any atom is -0.492 e. The van der Waals surface area contributed by atoms with Gasteiger partial charge in [-0.2, -0.15) is 5.10 Å². The van der Waals surface area contributed by atoms with E-state index in [1.807, 2.05) is 29.1 Å². The van der Waals surface area contributed by atoms with Crippen LogP contribution in [0.1, 0.15) is 11.1 Å². The highest BCUT2D eigenvalue weighted by Gasteiger charge is 2.18. The largest absolute Gasteiger partial charge is 0.492 e. The molecule has 23 heavy (non-hydrogen) atoms. The molecule has 4 nitrogen and oxygen atoms in total. The van der Waals surface area contributed by atoms with Gasteiger partial charge in [-0.25, -0.2) is 4.68 Å². The molecule has 0 spiro atoms. The Bertz CT molecular complexity index is 783. The van der Waals surface area contributed by atoms with E-state index in [1.165, 1.54) is 11.1 Å². The zero-order chi connectivity index (χ0) is 15.5. The molecule has 0 aliphatic carbocycles. The predicted octanol–water partition coefficient (Wildman–Crippen LogP) is 2.97. The molecular weight excluding hydrogens is 286 g/mol. The standard InChI is InChI=1S/C19H19N3O/c1-2-8-19-16(6-1)12-17(14-23-19)20-13-15-5-3-7-18(11-15)22-10-4-9-21-22/h1-11,17,20H,12-14H2/t17-/m1/s1. The Balaban J connectivity index is 1.41. The summed E-state index contributed by atoms with van der Waals surface area (Å²) in [6.07, 6.45) is 4.76. The molecule has 3 aromatic rings. The first-order chi connectivity index (χ1) is 11.4. The quantitative estimate of drug-likeness (QED) is 0.805. The number of benzene rings is 2. The molecule has 0 radical (unpaired) electrons. The van der Waals surface area contributed by atoms with Crippen LogP contribution in [-0.2, 0) is 13.0 Å². The molecule has 1 N–H and O–H groups in total. The molecule has 0 bridgehead atoms. The first-order valence-corrected chi connectivity index (χ1v) is 7.91. The third-order valence-electron chi connectivity index (χ3n) is 4.15. The lowest BCUT2D eigenvalue weighted by molar-refractivity contribution is 0.238. The van der Waals surface area contributed by atoms with E-state index < -0.39 is 0 Å². The van der Waals surface area contributed by atoms with Crippen molar-refractivity contribution in [3.63, 3.8) is 0 Å². The van der Waals surface area contributed by atoms with Crippen LogP contribution in [0.2, 0.25) is 0 Å². The Morgan fingerprint density at radius 2 is 2.09 bits per heavy atom. The van der Waals surface area contributed by atoms with Gasteiger partial charge in [-0.3, -0.25) is 0 Å². The highest BCUT2D eigenvalue weighted by molar-refractivity contribution is 5.36. The first-order valence-electron chi connectivity index (χ1n) is 7.91. The van der Waals surface area contributed by atoms with Gasteiger partial charge in [0.05, 0.1) is 5.69 Å². The number of aromatic nitrogens is 2. The van der Waals surface area contributed by atoms with Gasteiger partial charge in [-0.15, -0.1) is 0 Å². The van der Waals surface area contributed by atoms with Gasteiger partial charge in [0.25, 0.3) is 0 Å². The van der Waals surface area contributed by atoms with Crippen LogP contribution < -0.4 is 10.1 Å². The van der Waals surface area contributed by atoms with Gasteiger partial charge in [0.15, 0.2) is 0 Å². The van der Waals surface area contributed by atoms with Crippen molar-refractivity contribution in [1.29, 1.82) is 0 Å². The Kier molecular flexibility index (Phi) is 3.82. The van der Waals surface area contributed by atoms with E-state index in [0.29, 0.717) is 6.04 Å². The molecule has 4 heteroatoms. The maximum atomic E-state index is 5.83. The van der Waals surface area contributed by atoms with Crippen LogP contribution in [0.4, 0.5) is 0 Å². The molecule has 2 aromatic carbocycles. The number of nitrogens with zero attached hydrogens (tertiary/aromatic N) is 2.